The molecule has 0 bridgehead atoms. The van der Waals surface area contributed by atoms with Gasteiger partial charge in [0, 0.05) is 16.3 Å². The van der Waals surface area contributed by atoms with Crippen LogP contribution in [0.25, 0.3) is 0 Å². The zero-order valence-electron chi connectivity index (χ0n) is 16.5. The molecule has 2 rings (SSSR count). The molecule has 0 saturated heterocycles. The number of halogens is 3. The Hall–Kier alpha value is -1.66. The van der Waals surface area contributed by atoms with Gasteiger partial charge < -0.3 is 10.4 Å². The van der Waals surface area contributed by atoms with Crippen LogP contribution in [-0.2, 0) is 0 Å². The average Bonchev–Trinajstić information content (AvgIpc) is 2.66. The van der Waals surface area contributed by atoms with Gasteiger partial charge in [0.2, 0.25) is 0 Å². The lowest BCUT2D eigenvalue weighted by Crippen LogP contribution is -2.47. The van der Waals surface area contributed by atoms with E-state index in [2.05, 4.69) is 44.2 Å². The van der Waals surface area contributed by atoms with Crippen molar-refractivity contribution in [2.24, 2.45) is 10.2 Å². The van der Waals surface area contributed by atoms with Crippen molar-refractivity contribution in [3.05, 3.63) is 63.1 Å². The standard InChI is InChI=1S/C21H21Cl2IN4O/c1-12-17(10-7-15(11-25)18(12)23)26-19(21(3,4)29)13(2)27-28-20(24)14-5-8-16(22)9-6-14/h5-10,19,26,29H,1-4H3/b27-13+,28-20-/t19-/m0/s1. The second-order valence-electron chi connectivity index (χ2n) is 7.08. The third-order valence-electron chi connectivity index (χ3n) is 4.31. The van der Waals surface area contributed by atoms with Crippen molar-refractivity contribution in [3.8, 4) is 6.07 Å². The molecule has 0 aliphatic heterocycles. The van der Waals surface area contributed by atoms with Gasteiger partial charge in [0.05, 0.1) is 27.9 Å². The lowest BCUT2D eigenvalue weighted by molar-refractivity contribution is 0.0784. The van der Waals surface area contributed by atoms with Gasteiger partial charge in [0.15, 0.2) is 0 Å². The number of anilines is 1. The average molecular weight is 543 g/mol. The van der Waals surface area contributed by atoms with Crippen molar-refractivity contribution in [1.29, 1.82) is 5.26 Å². The molecule has 0 radical (unpaired) electrons. The van der Waals surface area contributed by atoms with Crippen LogP contribution in [0, 0.1) is 18.3 Å². The normalized spacial score (nSPS) is 13.8. The van der Waals surface area contributed by atoms with E-state index in [0.717, 1.165) is 11.1 Å². The second kappa shape index (κ2) is 9.90. The molecule has 0 fully saturated rings. The molecule has 0 saturated carbocycles. The summed E-state index contributed by atoms with van der Waals surface area (Å²) < 4.78 is 0.700. The summed E-state index contributed by atoms with van der Waals surface area (Å²) >= 11 is 14.3. The smallest absolute Gasteiger partial charge is 0.131 e. The zero-order valence-corrected chi connectivity index (χ0v) is 20.1. The Morgan fingerprint density at radius 3 is 2.34 bits per heavy atom. The van der Waals surface area contributed by atoms with E-state index in [9.17, 15) is 5.11 Å². The molecule has 0 unspecified atom stereocenters. The minimum Gasteiger partial charge on any atom is -0.388 e. The van der Waals surface area contributed by atoms with E-state index in [4.69, 9.17) is 28.5 Å². The first-order valence-electron chi connectivity index (χ1n) is 8.76. The monoisotopic (exact) mass is 542 g/mol. The van der Waals surface area contributed by atoms with E-state index in [1.807, 2.05) is 19.1 Å². The second-order valence-corrected chi connectivity index (χ2v) is 8.92. The molecular formula is C21H21Cl2IN4O. The Kier molecular flexibility index (Phi) is 8.06. The number of nitriles is 1. The third kappa shape index (κ3) is 6.16. The predicted octanol–water partition coefficient (Wildman–Crippen LogP) is 5.98. The van der Waals surface area contributed by atoms with Gasteiger partial charge in [0.1, 0.15) is 9.79 Å². The van der Waals surface area contributed by atoms with E-state index in [0.29, 0.717) is 30.7 Å². The highest BCUT2D eigenvalue weighted by Crippen LogP contribution is 2.29. The highest BCUT2D eigenvalue weighted by Gasteiger charge is 2.30. The summed E-state index contributed by atoms with van der Waals surface area (Å²) in [6, 6.07) is 12.3. The summed E-state index contributed by atoms with van der Waals surface area (Å²) in [5.74, 6) is 0. The highest BCUT2D eigenvalue weighted by molar-refractivity contribution is 14.1. The van der Waals surface area contributed by atoms with Gasteiger partial charge in [-0.05, 0) is 80.1 Å². The Morgan fingerprint density at radius 1 is 1.17 bits per heavy atom. The summed E-state index contributed by atoms with van der Waals surface area (Å²) in [6.07, 6.45) is 0. The third-order valence-corrected chi connectivity index (χ3v) is 5.89. The number of nitrogens with one attached hydrogen (secondary N) is 1. The lowest BCUT2D eigenvalue weighted by atomic mass is 9.94. The zero-order chi connectivity index (χ0) is 21.8. The maximum absolute atomic E-state index is 10.7. The minimum atomic E-state index is -1.12. The molecule has 29 heavy (non-hydrogen) atoms. The van der Waals surface area contributed by atoms with Crippen molar-refractivity contribution in [2.45, 2.75) is 39.3 Å². The quantitative estimate of drug-likeness (QED) is 0.267. The molecule has 2 aromatic rings. The number of aliphatic hydroxyl groups is 1. The van der Waals surface area contributed by atoms with Crippen LogP contribution in [0.5, 0.6) is 0 Å². The summed E-state index contributed by atoms with van der Waals surface area (Å²) in [5.41, 5.74) is 2.22. The topological polar surface area (TPSA) is 80.8 Å². The van der Waals surface area contributed by atoms with Crippen LogP contribution in [0.4, 0.5) is 5.69 Å². The minimum absolute atomic E-state index is 0.386. The molecule has 8 heteroatoms. The van der Waals surface area contributed by atoms with Gasteiger partial charge in [-0.25, -0.2) is 0 Å². The fourth-order valence-corrected chi connectivity index (χ4v) is 3.50. The Bertz CT molecular complexity index is 989. The predicted molar refractivity (Wildman–Crippen MR) is 130 cm³/mol. The SMILES string of the molecule is C/C(=N\N=C(/I)c1ccc(Cl)cc1)[C@H](Nc1ccc(C#N)c(Cl)c1C)C(C)(C)O. The van der Waals surface area contributed by atoms with Crippen molar-refractivity contribution in [3.63, 3.8) is 0 Å². The molecule has 0 heterocycles. The molecule has 5 nitrogen and oxygen atoms in total. The van der Waals surface area contributed by atoms with E-state index in [-0.39, 0.29) is 0 Å². The maximum atomic E-state index is 10.7. The highest BCUT2D eigenvalue weighted by atomic mass is 127. The van der Waals surface area contributed by atoms with Gasteiger partial charge in [-0.15, -0.1) is 5.10 Å². The number of rotatable bonds is 6. The molecule has 152 valence electrons. The van der Waals surface area contributed by atoms with Crippen molar-refractivity contribution < 1.29 is 5.11 Å². The van der Waals surface area contributed by atoms with Gasteiger partial charge in [-0.3, -0.25) is 0 Å². The molecule has 0 spiro atoms. The van der Waals surface area contributed by atoms with E-state index in [1.165, 1.54) is 0 Å². The number of nitrogens with zero attached hydrogens (tertiary/aromatic N) is 3. The van der Waals surface area contributed by atoms with Crippen LogP contribution in [0.2, 0.25) is 10.0 Å². The number of hydrogen-bond acceptors (Lipinski definition) is 5. The van der Waals surface area contributed by atoms with Gasteiger partial charge >= 0.3 is 0 Å². The van der Waals surface area contributed by atoms with Crippen LogP contribution in [0.3, 0.4) is 0 Å². The summed E-state index contributed by atoms with van der Waals surface area (Å²) in [7, 11) is 0. The van der Waals surface area contributed by atoms with E-state index >= 15 is 0 Å². The largest absolute Gasteiger partial charge is 0.388 e. The molecule has 0 aromatic heterocycles. The Labute approximate surface area is 194 Å². The van der Waals surface area contributed by atoms with Gasteiger partial charge in [-0.2, -0.15) is 10.4 Å². The van der Waals surface area contributed by atoms with Crippen molar-refractivity contribution >= 4 is 60.9 Å². The molecule has 2 aromatic carbocycles. The van der Waals surface area contributed by atoms with Crippen LogP contribution < -0.4 is 5.32 Å². The molecule has 0 aliphatic rings. The summed E-state index contributed by atoms with van der Waals surface area (Å²) in [5, 5.41) is 32.8. The lowest BCUT2D eigenvalue weighted by Gasteiger charge is -2.31. The molecule has 0 amide bonds. The fraction of sp³-hybridized carbons (Fsp3) is 0.286. The first kappa shape index (κ1) is 23.6. The van der Waals surface area contributed by atoms with Crippen molar-refractivity contribution in [2.75, 3.05) is 5.32 Å². The van der Waals surface area contributed by atoms with Crippen LogP contribution >= 0.6 is 45.8 Å². The molecule has 1 atom stereocenters. The van der Waals surface area contributed by atoms with Crippen LogP contribution in [0.15, 0.2) is 46.6 Å². The van der Waals surface area contributed by atoms with Crippen LogP contribution in [-0.4, -0.2) is 26.2 Å². The molecule has 2 N–H and O–H groups in total. The molecule has 0 aliphatic carbocycles. The maximum Gasteiger partial charge on any atom is 0.131 e. The fourth-order valence-electron chi connectivity index (χ4n) is 2.70. The van der Waals surface area contributed by atoms with Crippen molar-refractivity contribution in [1.82, 2.24) is 0 Å². The van der Waals surface area contributed by atoms with E-state index < -0.39 is 11.6 Å². The summed E-state index contributed by atoms with van der Waals surface area (Å²) in [6.45, 7) is 7.00. The number of benzene rings is 2. The molecular weight excluding hydrogens is 522 g/mol. The first-order valence-corrected chi connectivity index (χ1v) is 10.6. The Balaban J connectivity index is 2.34. The van der Waals surface area contributed by atoms with E-state index in [1.54, 1.807) is 45.0 Å². The number of hydrogen-bond donors (Lipinski definition) is 2. The first-order chi connectivity index (χ1) is 13.5. The Morgan fingerprint density at radius 2 is 1.79 bits per heavy atom. The summed E-state index contributed by atoms with van der Waals surface area (Å²) in [4.78, 5) is 0. The van der Waals surface area contributed by atoms with Gasteiger partial charge in [-0.1, -0.05) is 35.3 Å². The van der Waals surface area contributed by atoms with Gasteiger partial charge in [0.25, 0.3) is 0 Å². The van der Waals surface area contributed by atoms with Crippen LogP contribution in [0.1, 0.15) is 37.5 Å².